The number of hydrogen-bond acceptors (Lipinski definition) is 8. The summed E-state index contributed by atoms with van der Waals surface area (Å²) >= 11 is 0. The molecule has 0 spiro atoms. The van der Waals surface area contributed by atoms with Crippen LogP contribution in [0.2, 0.25) is 0 Å². The first kappa shape index (κ1) is 30.9. The van der Waals surface area contributed by atoms with Gasteiger partial charge in [-0.2, -0.15) is 0 Å². The Balaban J connectivity index is 1.88. The lowest BCUT2D eigenvalue weighted by atomic mass is 9.81. The van der Waals surface area contributed by atoms with Crippen LogP contribution in [-0.4, -0.2) is 33.0 Å². The monoisotopic (exact) mass is 560 g/mol. The van der Waals surface area contributed by atoms with Crippen LogP contribution in [0.3, 0.4) is 0 Å². The lowest BCUT2D eigenvalue weighted by Gasteiger charge is -2.18. The molecule has 0 saturated heterocycles. The number of benzene rings is 2. The number of unbranched alkanes of at least 4 members (excludes halogenated alkanes) is 8. The van der Waals surface area contributed by atoms with E-state index >= 15 is 0 Å². The predicted molar refractivity (Wildman–Crippen MR) is 152 cm³/mol. The van der Waals surface area contributed by atoms with Crippen LogP contribution in [-0.2, 0) is 9.59 Å². The third-order valence-electron chi connectivity index (χ3n) is 6.98. The van der Waals surface area contributed by atoms with Crippen molar-refractivity contribution in [3.8, 4) is 0 Å². The molecule has 0 heterocycles. The van der Waals surface area contributed by atoms with Crippen molar-refractivity contribution in [1.82, 2.24) is 0 Å². The van der Waals surface area contributed by atoms with E-state index in [0.717, 1.165) is 50.3 Å². The van der Waals surface area contributed by atoms with Gasteiger partial charge in [0.1, 0.15) is 0 Å². The van der Waals surface area contributed by atoms with Crippen LogP contribution in [0.5, 0.6) is 0 Å². The number of nitrogens with zero attached hydrogens (tertiary/aromatic N) is 2. The molecule has 0 aliphatic heterocycles. The highest BCUT2D eigenvalue weighted by atomic mass is 16.6. The fourth-order valence-corrected chi connectivity index (χ4v) is 4.78. The first-order valence-corrected chi connectivity index (χ1v) is 13.8. The summed E-state index contributed by atoms with van der Waals surface area (Å²) in [6.07, 6.45) is 9.83. The highest BCUT2D eigenvalue weighted by Crippen LogP contribution is 2.30. The Morgan fingerprint density at radius 1 is 0.707 bits per heavy atom. The second kappa shape index (κ2) is 14.7. The van der Waals surface area contributed by atoms with Crippen molar-refractivity contribution in [2.24, 2.45) is 0 Å². The number of nitro benzene ring substituents is 2. The molecule has 3 rings (SSSR count). The summed E-state index contributed by atoms with van der Waals surface area (Å²) < 4.78 is 0. The molecule has 41 heavy (non-hydrogen) atoms. The zero-order valence-corrected chi connectivity index (χ0v) is 22.9. The number of ketones is 4. The van der Waals surface area contributed by atoms with Crippen LogP contribution < -0.4 is 0 Å². The van der Waals surface area contributed by atoms with Crippen molar-refractivity contribution in [2.75, 3.05) is 0 Å². The molecule has 0 saturated carbocycles. The number of non-ortho nitro benzene ring substituents is 2. The van der Waals surface area contributed by atoms with E-state index < -0.39 is 44.1 Å². The number of carbonyl (C=O) groups is 4. The van der Waals surface area contributed by atoms with Gasteiger partial charge in [-0.05, 0) is 12.8 Å². The van der Waals surface area contributed by atoms with E-state index in [1.54, 1.807) is 0 Å². The normalized spacial score (nSPS) is 13.2. The molecule has 10 heteroatoms. The molecule has 0 aromatic heterocycles. The van der Waals surface area contributed by atoms with Crippen LogP contribution in [0.25, 0.3) is 0 Å². The Kier molecular flexibility index (Phi) is 11.1. The minimum absolute atomic E-state index is 0.0654. The van der Waals surface area contributed by atoms with E-state index in [2.05, 4.69) is 6.92 Å². The van der Waals surface area contributed by atoms with Crippen LogP contribution in [0, 0.1) is 20.2 Å². The fraction of sp³-hybridized carbons (Fsp3) is 0.355. The zero-order valence-electron chi connectivity index (χ0n) is 22.9. The smallest absolute Gasteiger partial charge is 0.270 e. The van der Waals surface area contributed by atoms with Gasteiger partial charge in [-0.25, -0.2) is 0 Å². The minimum Gasteiger partial charge on any atom is -0.289 e. The summed E-state index contributed by atoms with van der Waals surface area (Å²) in [6, 6.07) is 9.71. The van der Waals surface area contributed by atoms with Gasteiger partial charge in [0.25, 0.3) is 11.4 Å². The largest absolute Gasteiger partial charge is 0.289 e. The summed E-state index contributed by atoms with van der Waals surface area (Å²) in [5, 5.41) is 22.4. The van der Waals surface area contributed by atoms with Gasteiger partial charge in [-0.3, -0.25) is 39.4 Å². The average Bonchev–Trinajstić information content (AvgIpc) is 2.97. The third-order valence-corrected chi connectivity index (χ3v) is 6.98. The summed E-state index contributed by atoms with van der Waals surface area (Å²) in [7, 11) is 0. The van der Waals surface area contributed by atoms with E-state index in [1.165, 1.54) is 55.7 Å². The predicted octanol–water partition coefficient (Wildman–Crippen LogP) is 6.86. The van der Waals surface area contributed by atoms with E-state index in [9.17, 15) is 39.4 Å². The Morgan fingerprint density at radius 2 is 1.20 bits per heavy atom. The van der Waals surface area contributed by atoms with E-state index in [0.29, 0.717) is 6.42 Å². The molecular weight excluding hydrogens is 528 g/mol. The van der Waals surface area contributed by atoms with Crippen molar-refractivity contribution >= 4 is 34.5 Å². The lowest BCUT2D eigenvalue weighted by molar-refractivity contribution is -0.385. The Morgan fingerprint density at radius 3 is 1.71 bits per heavy atom. The Labute approximate surface area is 237 Å². The average molecular weight is 561 g/mol. The summed E-state index contributed by atoms with van der Waals surface area (Å²) in [6.45, 7) is 2.15. The van der Waals surface area contributed by atoms with E-state index in [-0.39, 0.29) is 34.5 Å². The molecule has 2 aromatic rings. The summed E-state index contributed by atoms with van der Waals surface area (Å²) in [5.74, 6) is -3.36. The van der Waals surface area contributed by atoms with Crippen LogP contribution in [0.1, 0.15) is 91.8 Å². The highest BCUT2D eigenvalue weighted by Gasteiger charge is 2.36. The van der Waals surface area contributed by atoms with Crippen LogP contribution in [0.4, 0.5) is 11.4 Å². The third kappa shape index (κ3) is 7.97. The maximum absolute atomic E-state index is 13.6. The van der Waals surface area contributed by atoms with Gasteiger partial charge < -0.3 is 0 Å². The SMILES string of the molecule is CCCCCCCCCCCC1=C(C(=O)c2cccc([N+](=O)[O-])c2)C(=O)C=C(C(=O)c2cccc([N+](=O)[O-])c2)C1=O. The number of Topliss-reactive ketones (excluding diaryl/α,β-unsaturated/α-hetero) is 3. The molecule has 0 amide bonds. The molecule has 1 aliphatic carbocycles. The van der Waals surface area contributed by atoms with Gasteiger partial charge >= 0.3 is 0 Å². The standard InChI is InChI=1S/C31H32N2O8/c1-2-3-4-5-6-7-8-9-10-17-25-28(30(36)22-14-12-16-24(19-22)33(40)41)27(34)20-26(31(25)37)29(35)21-13-11-15-23(18-21)32(38)39/h11-16,18-20H,2-10,17H2,1H3. The van der Waals surface area contributed by atoms with Crippen molar-refractivity contribution in [3.05, 3.63) is 103 Å². The quantitative estimate of drug-likeness (QED) is 0.0538. The number of hydrogen-bond donors (Lipinski definition) is 0. The van der Waals surface area contributed by atoms with Crippen molar-refractivity contribution in [3.63, 3.8) is 0 Å². The molecule has 0 radical (unpaired) electrons. The van der Waals surface area contributed by atoms with Crippen molar-refractivity contribution in [1.29, 1.82) is 0 Å². The molecule has 0 bridgehead atoms. The van der Waals surface area contributed by atoms with Crippen LogP contribution in [0.15, 0.2) is 71.3 Å². The highest BCUT2D eigenvalue weighted by molar-refractivity contribution is 6.43. The Hall–Kier alpha value is -4.60. The number of carbonyl (C=O) groups excluding carboxylic acids is 4. The minimum atomic E-state index is -0.863. The maximum Gasteiger partial charge on any atom is 0.270 e. The maximum atomic E-state index is 13.6. The van der Waals surface area contributed by atoms with Gasteiger partial charge in [0.2, 0.25) is 0 Å². The van der Waals surface area contributed by atoms with Crippen molar-refractivity contribution < 1.29 is 29.0 Å². The first-order valence-electron chi connectivity index (χ1n) is 13.8. The molecule has 214 valence electrons. The van der Waals surface area contributed by atoms with E-state index in [1.807, 2.05) is 0 Å². The number of nitro groups is 2. The molecule has 10 nitrogen and oxygen atoms in total. The lowest BCUT2D eigenvalue weighted by Crippen LogP contribution is -2.28. The molecule has 0 N–H and O–H groups in total. The first-order chi connectivity index (χ1) is 19.6. The van der Waals surface area contributed by atoms with E-state index in [4.69, 9.17) is 0 Å². The zero-order chi connectivity index (χ0) is 29.9. The fourth-order valence-electron chi connectivity index (χ4n) is 4.78. The second-order valence-electron chi connectivity index (χ2n) is 9.96. The summed E-state index contributed by atoms with van der Waals surface area (Å²) in [4.78, 5) is 74.6. The molecular formula is C31H32N2O8. The summed E-state index contributed by atoms with van der Waals surface area (Å²) in [5.41, 5.74) is -1.96. The molecule has 0 fully saturated rings. The number of rotatable bonds is 16. The number of allylic oxidation sites excluding steroid dienone is 4. The van der Waals surface area contributed by atoms with Gasteiger partial charge in [-0.15, -0.1) is 0 Å². The Bertz CT molecular complexity index is 1440. The van der Waals surface area contributed by atoms with Gasteiger partial charge in [0.05, 0.1) is 21.0 Å². The molecule has 0 unspecified atom stereocenters. The van der Waals surface area contributed by atoms with Gasteiger partial charge in [0.15, 0.2) is 23.1 Å². The van der Waals surface area contributed by atoms with Gasteiger partial charge in [0, 0.05) is 47.0 Å². The second-order valence-corrected chi connectivity index (χ2v) is 9.96. The molecule has 1 aliphatic rings. The van der Waals surface area contributed by atoms with Gasteiger partial charge in [-0.1, -0.05) is 82.6 Å². The molecule has 2 aromatic carbocycles. The topological polar surface area (TPSA) is 155 Å². The molecule has 0 atom stereocenters. The van der Waals surface area contributed by atoms with Crippen molar-refractivity contribution in [2.45, 2.75) is 71.1 Å². The van der Waals surface area contributed by atoms with Crippen LogP contribution >= 0.6 is 0 Å².